The van der Waals surface area contributed by atoms with Gasteiger partial charge >= 0.3 is 0 Å². The molecule has 6 heteroatoms. The Labute approximate surface area is 141 Å². The van der Waals surface area contributed by atoms with Gasteiger partial charge in [0.05, 0.1) is 11.4 Å². The zero-order chi connectivity index (χ0) is 16.5. The van der Waals surface area contributed by atoms with Crippen LogP contribution in [0.15, 0.2) is 47.6 Å². The minimum absolute atomic E-state index is 0.300. The van der Waals surface area contributed by atoms with Crippen molar-refractivity contribution in [1.29, 1.82) is 0 Å². The Balaban J connectivity index is 1.81. The molecule has 0 amide bonds. The number of para-hydroxylation sites is 2. The molecule has 0 aromatic heterocycles. The predicted molar refractivity (Wildman–Crippen MR) is 95.9 cm³/mol. The fourth-order valence-corrected chi connectivity index (χ4v) is 3.48. The van der Waals surface area contributed by atoms with Crippen LogP contribution in [0.5, 0.6) is 11.5 Å². The van der Waals surface area contributed by atoms with E-state index in [4.69, 9.17) is 16.3 Å². The zero-order valence-corrected chi connectivity index (χ0v) is 13.4. The van der Waals surface area contributed by atoms with Gasteiger partial charge in [0.1, 0.15) is 5.84 Å². The number of ether oxygens (including phenoxy) is 1. The number of nitrogens with two attached hydrogens (primary N) is 2. The summed E-state index contributed by atoms with van der Waals surface area (Å²) in [5.41, 5.74) is 8.79. The van der Waals surface area contributed by atoms with Crippen molar-refractivity contribution in [3.63, 3.8) is 0 Å². The number of rotatable bonds is 2. The predicted octanol–water partition coefficient (Wildman–Crippen LogP) is 2.26. The third-order valence-electron chi connectivity index (χ3n) is 4.67. The molecule has 4 rings (SSSR count). The third-order valence-corrected chi connectivity index (χ3v) is 4.67. The molecule has 0 atom stereocenters. The van der Waals surface area contributed by atoms with E-state index in [1.807, 2.05) is 30.3 Å². The lowest BCUT2D eigenvalue weighted by atomic mass is 10.0. The molecule has 0 bridgehead atoms. The summed E-state index contributed by atoms with van der Waals surface area (Å²) in [5, 5.41) is 7.01. The highest BCUT2D eigenvalue weighted by atomic mass is 16.5. The van der Waals surface area contributed by atoms with Crippen molar-refractivity contribution in [1.82, 2.24) is 5.32 Å². The molecule has 0 saturated carbocycles. The van der Waals surface area contributed by atoms with Crippen molar-refractivity contribution < 1.29 is 4.74 Å². The number of hydrogen-bond acceptors (Lipinski definition) is 5. The van der Waals surface area contributed by atoms with Crippen molar-refractivity contribution >= 4 is 17.2 Å². The van der Waals surface area contributed by atoms with Gasteiger partial charge in [-0.3, -0.25) is 0 Å². The van der Waals surface area contributed by atoms with Crippen LogP contribution in [0.25, 0.3) is 0 Å². The normalized spacial score (nSPS) is 17.8. The number of nitrogens with one attached hydrogen (secondary N) is 1. The highest BCUT2D eigenvalue weighted by Gasteiger charge is 2.31. The topological polar surface area (TPSA) is 88.9 Å². The Bertz CT molecular complexity index is 783. The molecule has 0 spiro atoms. The molecule has 1 saturated heterocycles. The van der Waals surface area contributed by atoms with Crippen LogP contribution in [-0.4, -0.2) is 25.0 Å². The lowest BCUT2D eigenvalue weighted by Crippen LogP contribution is -2.41. The summed E-state index contributed by atoms with van der Waals surface area (Å²) in [6, 6.07) is 14.5. The summed E-state index contributed by atoms with van der Waals surface area (Å²) in [5.74, 6) is 7.26. The van der Waals surface area contributed by atoms with E-state index in [1.54, 1.807) is 0 Å². The van der Waals surface area contributed by atoms with Crippen molar-refractivity contribution in [2.75, 3.05) is 18.0 Å². The van der Waals surface area contributed by atoms with E-state index in [0.29, 0.717) is 11.9 Å². The zero-order valence-electron chi connectivity index (χ0n) is 13.4. The van der Waals surface area contributed by atoms with Gasteiger partial charge in [-0.1, -0.05) is 12.1 Å². The van der Waals surface area contributed by atoms with E-state index in [9.17, 15) is 0 Å². The van der Waals surface area contributed by atoms with Crippen molar-refractivity contribution in [2.45, 2.75) is 18.9 Å². The van der Waals surface area contributed by atoms with Crippen LogP contribution in [0.1, 0.15) is 18.4 Å². The second kappa shape index (κ2) is 6.05. The molecule has 0 radical (unpaired) electrons. The number of hydrogen-bond donors (Lipinski definition) is 3. The van der Waals surface area contributed by atoms with E-state index in [1.165, 1.54) is 0 Å². The Kier molecular flexibility index (Phi) is 3.74. The van der Waals surface area contributed by atoms with E-state index in [0.717, 1.165) is 54.4 Å². The van der Waals surface area contributed by atoms with Gasteiger partial charge in [-0.15, -0.1) is 0 Å². The highest BCUT2D eigenvalue weighted by Crippen LogP contribution is 2.48. The number of nitrogens with zero attached hydrogens (tertiary/aromatic N) is 2. The van der Waals surface area contributed by atoms with E-state index < -0.39 is 0 Å². The van der Waals surface area contributed by atoms with Gasteiger partial charge in [-0.05, 0) is 56.3 Å². The minimum atomic E-state index is 0.300. The van der Waals surface area contributed by atoms with Gasteiger partial charge in [0, 0.05) is 11.6 Å². The fraction of sp³-hybridized carbons (Fsp3) is 0.278. The number of piperidine rings is 1. The maximum absolute atomic E-state index is 6.13. The molecule has 2 aromatic carbocycles. The highest BCUT2D eigenvalue weighted by molar-refractivity contribution is 5.98. The van der Waals surface area contributed by atoms with Crippen LogP contribution < -0.4 is 26.5 Å². The summed E-state index contributed by atoms with van der Waals surface area (Å²) in [7, 11) is 0. The van der Waals surface area contributed by atoms with Crippen LogP contribution in [0.2, 0.25) is 0 Å². The average Bonchev–Trinajstić information content (AvgIpc) is 2.65. The van der Waals surface area contributed by atoms with Crippen molar-refractivity contribution in [3.05, 3.63) is 48.0 Å². The number of benzene rings is 2. The van der Waals surface area contributed by atoms with Crippen LogP contribution in [0.4, 0.5) is 11.4 Å². The standard InChI is InChI=1S/C18H21N5O/c19-18(22-20)12-5-6-15-17(11-12)24-16-4-2-1-3-14(16)23(15)13-7-9-21-10-8-13/h1-6,11,13,21H,7-10,20H2,(H2,19,22). The minimum Gasteiger partial charge on any atom is -0.453 e. The number of hydrazone groups is 1. The fourth-order valence-electron chi connectivity index (χ4n) is 3.48. The van der Waals surface area contributed by atoms with Gasteiger partial charge < -0.3 is 26.5 Å². The van der Waals surface area contributed by atoms with Gasteiger partial charge in [0.2, 0.25) is 0 Å². The molecule has 5 N–H and O–H groups in total. The molecule has 1 fully saturated rings. The van der Waals surface area contributed by atoms with E-state index in [-0.39, 0.29) is 0 Å². The van der Waals surface area contributed by atoms with Gasteiger partial charge in [0.25, 0.3) is 0 Å². The van der Waals surface area contributed by atoms with Crippen LogP contribution >= 0.6 is 0 Å². The van der Waals surface area contributed by atoms with E-state index >= 15 is 0 Å². The SMILES string of the molecule is N/N=C(\N)c1ccc2c(c1)Oc1ccccc1N2C1CCNCC1. The molecule has 2 heterocycles. The molecule has 24 heavy (non-hydrogen) atoms. The molecule has 2 aliphatic rings. The van der Waals surface area contributed by atoms with Crippen LogP contribution in [0, 0.1) is 0 Å². The van der Waals surface area contributed by atoms with Gasteiger partial charge in [-0.2, -0.15) is 5.10 Å². The molecule has 2 aliphatic heterocycles. The van der Waals surface area contributed by atoms with Crippen molar-refractivity contribution in [2.24, 2.45) is 16.7 Å². The maximum atomic E-state index is 6.13. The third kappa shape index (κ3) is 2.45. The first-order chi connectivity index (χ1) is 11.8. The van der Waals surface area contributed by atoms with Gasteiger partial charge in [0.15, 0.2) is 11.5 Å². The molecule has 0 aliphatic carbocycles. The molecule has 6 nitrogen and oxygen atoms in total. The summed E-state index contributed by atoms with van der Waals surface area (Å²) in [6.45, 7) is 2.06. The first kappa shape index (κ1) is 14.8. The summed E-state index contributed by atoms with van der Waals surface area (Å²) < 4.78 is 6.13. The second-order valence-corrected chi connectivity index (χ2v) is 6.12. The number of anilines is 2. The summed E-state index contributed by atoms with van der Waals surface area (Å²) in [6.07, 6.45) is 2.20. The van der Waals surface area contributed by atoms with E-state index in [2.05, 4.69) is 27.5 Å². The Morgan fingerprint density at radius 2 is 1.83 bits per heavy atom. The molecule has 124 valence electrons. The van der Waals surface area contributed by atoms with Crippen LogP contribution in [-0.2, 0) is 0 Å². The number of amidine groups is 1. The summed E-state index contributed by atoms with van der Waals surface area (Å²) in [4.78, 5) is 2.40. The summed E-state index contributed by atoms with van der Waals surface area (Å²) >= 11 is 0. The molecule has 2 aromatic rings. The molecular weight excluding hydrogens is 302 g/mol. The second-order valence-electron chi connectivity index (χ2n) is 6.12. The Morgan fingerprint density at radius 3 is 2.62 bits per heavy atom. The first-order valence-electron chi connectivity index (χ1n) is 8.22. The largest absolute Gasteiger partial charge is 0.453 e. The quantitative estimate of drug-likeness (QED) is 0.341. The van der Waals surface area contributed by atoms with Crippen molar-refractivity contribution in [3.8, 4) is 11.5 Å². The van der Waals surface area contributed by atoms with Crippen LogP contribution in [0.3, 0.4) is 0 Å². The smallest absolute Gasteiger partial charge is 0.151 e. The Hall–Kier alpha value is -2.73. The lowest BCUT2D eigenvalue weighted by molar-refractivity contribution is 0.426. The monoisotopic (exact) mass is 323 g/mol. The molecule has 0 unspecified atom stereocenters. The lowest BCUT2D eigenvalue weighted by Gasteiger charge is -2.40. The molecular formula is C18H21N5O. The Morgan fingerprint density at radius 1 is 1.08 bits per heavy atom. The number of fused-ring (bicyclic) bond motifs is 2. The van der Waals surface area contributed by atoms with Gasteiger partial charge in [-0.25, -0.2) is 0 Å². The first-order valence-corrected chi connectivity index (χ1v) is 8.22. The average molecular weight is 323 g/mol. The maximum Gasteiger partial charge on any atom is 0.151 e.